The second-order valence-corrected chi connectivity index (χ2v) is 5.16. The van der Waals surface area contributed by atoms with Crippen LogP contribution in [0.25, 0.3) is 0 Å². The molecule has 1 heterocycles. The molecule has 1 rings (SSSR count). The molecule has 0 aliphatic heterocycles. The maximum absolute atomic E-state index is 11.1. The molecule has 0 fully saturated rings. The van der Waals surface area contributed by atoms with Crippen LogP contribution in [0.4, 0.5) is 17.5 Å². The number of nitrogens with one attached hydrogen (secondary N) is 1. The topological polar surface area (TPSA) is 87.4 Å². The van der Waals surface area contributed by atoms with Crippen molar-refractivity contribution in [3.8, 4) is 0 Å². The Labute approximate surface area is 125 Å². The van der Waals surface area contributed by atoms with E-state index in [9.17, 15) is 10.1 Å². The Balaban J connectivity index is 2.86. The van der Waals surface area contributed by atoms with Gasteiger partial charge in [-0.2, -0.15) is 4.98 Å². The number of aromatic nitrogens is 2. The van der Waals surface area contributed by atoms with Gasteiger partial charge in [0.2, 0.25) is 11.8 Å². The van der Waals surface area contributed by atoms with E-state index in [0.717, 1.165) is 25.9 Å². The zero-order valence-electron chi connectivity index (χ0n) is 13.2. The molecular formula is C13H24N6O2. The lowest BCUT2D eigenvalue weighted by Crippen LogP contribution is -2.25. The molecule has 0 aliphatic carbocycles. The van der Waals surface area contributed by atoms with E-state index < -0.39 is 4.92 Å². The van der Waals surface area contributed by atoms with Gasteiger partial charge in [-0.3, -0.25) is 10.1 Å². The number of hydrogen-bond donors (Lipinski definition) is 1. The molecule has 0 atom stereocenters. The zero-order chi connectivity index (χ0) is 15.8. The smallest absolute Gasteiger partial charge is 0.329 e. The fourth-order valence-electron chi connectivity index (χ4n) is 1.83. The van der Waals surface area contributed by atoms with E-state index in [-0.39, 0.29) is 5.69 Å². The Kier molecular flexibility index (Phi) is 6.80. The van der Waals surface area contributed by atoms with Crippen LogP contribution in [-0.4, -0.2) is 60.6 Å². The highest BCUT2D eigenvalue weighted by atomic mass is 16.6. The highest BCUT2D eigenvalue weighted by Gasteiger charge is 2.20. The van der Waals surface area contributed by atoms with E-state index in [1.807, 2.05) is 28.1 Å². The third-order valence-corrected chi connectivity index (χ3v) is 2.94. The number of rotatable bonds is 9. The van der Waals surface area contributed by atoms with E-state index >= 15 is 0 Å². The Morgan fingerprint density at radius 1 is 1.33 bits per heavy atom. The highest BCUT2D eigenvalue weighted by molar-refractivity contribution is 5.58. The van der Waals surface area contributed by atoms with Gasteiger partial charge in [-0.15, -0.1) is 0 Å². The van der Waals surface area contributed by atoms with Crippen LogP contribution in [0, 0.1) is 10.1 Å². The van der Waals surface area contributed by atoms with Gasteiger partial charge in [-0.1, -0.05) is 6.92 Å². The average Bonchev–Trinajstić information content (AvgIpc) is 2.44. The third kappa shape index (κ3) is 5.50. The summed E-state index contributed by atoms with van der Waals surface area (Å²) >= 11 is 0. The first-order chi connectivity index (χ1) is 9.95. The standard InChI is InChI=1S/C13H24N6O2/c1-5-7-14-13-15-10-11(19(20)21)12(16-13)18(4)9-6-8-17(2)3/h10H,5-9H2,1-4H3,(H,14,15,16). The van der Waals surface area contributed by atoms with Crippen LogP contribution in [0.1, 0.15) is 19.8 Å². The van der Waals surface area contributed by atoms with Crippen molar-refractivity contribution in [2.75, 3.05) is 51.0 Å². The minimum Gasteiger partial charge on any atom is -0.354 e. The van der Waals surface area contributed by atoms with Crippen molar-refractivity contribution in [3.05, 3.63) is 16.3 Å². The molecule has 0 radical (unpaired) electrons. The Bertz CT molecular complexity index is 466. The van der Waals surface area contributed by atoms with Crippen LogP contribution in [0.5, 0.6) is 0 Å². The predicted octanol–water partition coefficient (Wildman–Crippen LogP) is 1.59. The van der Waals surface area contributed by atoms with E-state index in [4.69, 9.17) is 0 Å². The Hall–Kier alpha value is -1.96. The Morgan fingerprint density at radius 2 is 2.05 bits per heavy atom. The van der Waals surface area contributed by atoms with E-state index in [2.05, 4.69) is 20.2 Å². The number of nitrogens with zero attached hydrogens (tertiary/aromatic N) is 5. The van der Waals surface area contributed by atoms with E-state index in [1.54, 1.807) is 4.90 Å². The zero-order valence-corrected chi connectivity index (χ0v) is 13.2. The van der Waals surface area contributed by atoms with Crippen molar-refractivity contribution < 1.29 is 4.92 Å². The molecule has 1 aromatic rings. The summed E-state index contributed by atoms with van der Waals surface area (Å²) in [5, 5.41) is 14.2. The van der Waals surface area contributed by atoms with Gasteiger partial charge < -0.3 is 15.1 Å². The average molecular weight is 296 g/mol. The largest absolute Gasteiger partial charge is 0.354 e. The predicted molar refractivity (Wildman–Crippen MR) is 83.9 cm³/mol. The molecule has 8 heteroatoms. The molecule has 118 valence electrons. The summed E-state index contributed by atoms with van der Waals surface area (Å²) in [4.78, 5) is 22.8. The van der Waals surface area contributed by atoms with Crippen molar-refractivity contribution in [2.45, 2.75) is 19.8 Å². The molecule has 1 N–H and O–H groups in total. The number of nitro groups is 1. The maximum atomic E-state index is 11.1. The molecule has 0 saturated heterocycles. The summed E-state index contributed by atoms with van der Waals surface area (Å²) in [5.41, 5.74) is -0.0654. The summed E-state index contributed by atoms with van der Waals surface area (Å²) in [6, 6.07) is 0. The molecule has 0 aromatic carbocycles. The van der Waals surface area contributed by atoms with Gasteiger partial charge in [-0.25, -0.2) is 4.98 Å². The van der Waals surface area contributed by atoms with Gasteiger partial charge in [-0.05, 0) is 33.5 Å². The molecular weight excluding hydrogens is 272 g/mol. The lowest BCUT2D eigenvalue weighted by Gasteiger charge is -2.19. The lowest BCUT2D eigenvalue weighted by atomic mass is 10.3. The summed E-state index contributed by atoms with van der Waals surface area (Å²) in [6.07, 6.45) is 3.11. The van der Waals surface area contributed by atoms with Gasteiger partial charge in [0.15, 0.2) is 0 Å². The normalized spacial score (nSPS) is 10.7. The summed E-state index contributed by atoms with van der Waals surface area (Å²) in [6.45, 7) is 4.39. The molecule has 0 unspecified atom stereocenters. The monoisotopic (exact) mass is 296 g/mol. The van der Waals surface area contributed by atoms with E-state index in [1.165, 1.54) is 6.20 Å². The quantitative estimate of drug-likeness (QED) is 0.547. The van der Waals surface area contributed by atoms with Crippen molar-refractivity contribution in [1.29, 1.82) is 0 Å². The first-order valence-electron chi connectivity index (χ1n) is 7.06. The molecule has 0 bridgehead atoms. The highest BCUT2D eigenvalue weighted by Crippen LogP contribution is 2.25. The first kappa shape index (κ1) is 17.1. The van der Waals surface area contributed by atoms with Crippen LogP contribution < -0.4 is 10.2 Å². The molecule has 0 amide bonds. The second-order valence-electron chi connectivity index (χ2n) is 5.16. The molecule has 0 saturated carbocycles. The van der Waals surface area contributed by atoms with Crippen LogP contribution in [0.15, 0.2) is 6.20 Å². The number of anilines is 2. The van der Waals surface area contributed by atoms with Crippen molar-refractivity contribution in [1.82, 2.24) is 14.9 Å². The number of hydrogen-bond acceptors (Lipinski definition) is 7. The fourth-order valence-corrected chi connectivity index (χ4v) is 1.83. The summed E-state index contributed by atoms with van der Waals surface area (Å²) < 4.78 is 0. The fraction of sp³-hybridized carbons (Fsp3) is 0.692. The second kappa shape index (κ2) is 8.35. The maximum Gasteiger partial charge on any atom is 0.329 e. The minimum absolute atomic E-state index is 0.0654. The van der Waals surface area contributed by atoms with Crippen molar-refractivity contribution in [3.63, 3.8) is 0 Å². The van der Waals surface area contributed by atoms with Crippen LogP contribution in [-0.2, 0) is 0 Å². The van der Waals surface area contributed by atoms with Gasteiger partial charge in [0.05, 0.1) is 4.92 Å². The summed E-state index contributed by atoms with van der Waals surface area (Å²) in [5.74, 6) is 0.782. The third-order valence-electron chi connectivity index (χ3n) is 2.94. The first-order valence-corrected chi connectivity index (χ1v) is 7.06. The van der Waals surface area contributed by atoms with Gasteiger partial charge in [0.1, 0.15) is 6.20 Å². The Morgan fingerprint density at radius 3 is 2.62 bits per heavy atom. The van der Waals surface area contributed by atoms with Crippen LogP contribution in [0.3, 0.4) is 0 Å². The molecule has 0 spiro atoms. The SMILES string of the molecule is CCCNc1ncc([N+](=O)[O-])c(N(C)CCCN(C)C)n1. The van der Waals surface area contributed by atoms with E-state index in [0.29, 0.717) is 18.3 Å². The summed E-state index contributed by atoms with van der Waals surface area (Å²) in [7, 11) is 5.81. The van der Waals surface area contributed by atoms with Gasteiger partial charge in [0.25, 0.3) is 0 Å². The molecule has 0 aliphatic rings. The molecule has 8 nitrogen and oxygen atoms in total. The van der Waals surface area contributed by atoms with Crippen molar-refractivity contribution in [2.24, 2.45) is 0 Å². The molecule has 21 heavy (non-hydrogen) atoms. The van der Waals surface area contributed by atoms with Crippen LogP contribution >= 0.6 is 0 Å². The van der Waals surface area contributed by atoms with Gasteiger partial charge in [0, 0.05) is 20.1 Å². The van der Waals surface area contributed by atoms with Crippen molar-refractivity contribution >= 4 is 17.5 Å². The lowest BCUT2D eigenvalue weighted by molar-refractivity contribution is -0.384. The molecule has 1 aromatic heterocycles. The van der Waals surface area contributed by atoms with Crippen LogP contribution in [0.2, 0.25) is 0 Å². The van der Waals surface area contributed by atoms with Gasteiger partial charge >= 0.3 is 5.69 Å². The minimum atomic E-state index is -0.443.